The van der Waals surface area contributed by atoms with Crippen LogP contribution in [-0.2, 0) is 9.53 Å². The monoisotopic (exact) mass is 313 g/mol. The van der Waals surface area contributed by atoms with Crippen molar-refractivity contribution in [2.75, 3.05) is 6.61 Å². The van der Waals surface area contributed by atoms with Gasteiger partial charge in [0.15, 0.2) is 0 Å². The lowest BCUT2D eigenvalue weighted by atomic mass is 10.00. The zero-order valence-corrected chi connectivity index (χ0v) is 12.0. The van der Waals surface area contributed by atoms with Crippen LogP contribution in [0.15, 0.2) is 12.1 Å². The van der Waals surface area contributed by atoms with E-state index in [1.165, 1.54) is 26.0 Å². The first-order chi connectivity index (χ1) is 8.40. The fourth-order valence-corrected chi connectivity index (χ4v) is 1.77. The highest BCUT2D eigenvalue weighted by Crippen LogP contribution is 2.29. The Morgan fingerprint density at radius 1 is 1.53 bits per heavy atom. The zero-order valence-electron chi connectivity index (χ0n) is 10.5. The molecule has 1 unspecified atom stereocenters. The average molecular weight is 314 g/mol. The highest BCUT2D eigenvalue weighted by molar-refractivity contribution is 6.31. The molecule has 0 amide bonds. The Balaban J connectivity index is 0.00000324. The normalized spacial score (nSPS) is 13.4. The fraction of sp³-hybridized carbons (Fsp3) is 0.417. The summed E-state index contributed by atoms with van der Waals surface area (Å²) in [7, 11) is 0. The molecule has 0 saturated carbocycles. The van der Waals surface area contributed by atoms with E-state index in [-0.39, 0.29) is 35.2 Å². The molecule has 0 aliphatic rings. The molecule has 1 aromatic carbocycles. The van der Waals surface area contributed by atoms with Crippen LogP contribution < -0.4 is 5.73 Å². The van der Waals surface area contributed by atoms with Gasteiger partial charge in [-0.3, -0.25) is 0 Å². The summed E-state index contributed by atoms with van der Waals surface area (Å²) in [6.45, 7) is 3.06. The second kappa shape index (κ2) is 7.62. The standard InChI is InChI=1S/C12H14ClF2NO2.ClH/c1-3-18-12(17)10(15)11(16)8-7(13)5-4-6(2)9(8)14;/h4-5,10-11H,3,16H2,1-2H3;1H/t10?,11-;/m1./s1. The van der Waals surface area contributed by atoms with Gasteiger partial charge in [0.25, 0.3) is 0 Å². The molecule has 3 nitrogen and oxygen atoms in total. The maximum atomic E-state index is 13.8. The third-order valence-electron chi connectivity index (χ3n) is 2.48. The number of alkyl halides is 1. The summed E-state index contributed by atoms with van der Waals surface area (Å²) in [5.74, 6) is -1.83. The van der Waals surface area contributed by atoms with Gasteiger partial charge in [-0.1, -0.05) is 17.7 Å². The van der Waals surface area contributed by atoms with Crippen molar-refractivity contribution in [2.45, 2.75) is 26.1 Å². The Labute approximate surface area is 121 Å². The van der Waals surface area contributed by atoms with Gasteiger partial charge in [0.05, 0.1) is 12.6 Å². The Morgan fingerprint density at radius 3 is 2.63 bits per heavy atom. The van der Waals surface area contributed by atoms with Crippen LogP contribution >= 0.6 is 24.0 Å². The number of hydrogen-bond donors (Lipinski definition) is 1. The van der Waals surface area contributed by atoms with Crippen molar-refractivity contribution in [3.63, 3.8) is 0 Å². The molecule has 7 heteroatoms. The molecule has 2 N–H and O–H groups in total. The van der Waals surface area contributed by atoms with E-state index in [0.717, 1.165) is 0 Å². The van der Waals surface area contributed by atoms with Gasteiger partial charge in [-0.2, -0.15) is 0 Å². The van der Waals surface area contributed by atoms with Crippen molar-refractivity contribution in [3.05, 3.63) is 34.1 Å². The predicted molar refractivity (Wildman–Crippen MR) is 71.9 cm³/mol. The van der Waals surface area contributed by atoms with Crippen LogP contribution in [0, 0.1) is 12.7 Å². The molecule has 0 fully saturated rings. The molecule has 1 aromatic rings. The smallest absolute Gasteiger partial charge is 0.342 e. The molecule has 0 radical (unpaired) electrons. The molecule has 0 spiro atoms. The largest absolute Gasteiger partial charge is 0.464 e. The molecular weight excluding hydrogens is 299 g/mol. The maximum absolute atomic E-state index is 13.8. The SMILES string of the molecule is CCOC(=O)C(F)[C@H](N)c1c(Cl)ccc(C)c1F.Cl. The molecule has 0 aliphatic heterocycles. The minimum atomic E-state index is -2.15. The van der Waals surface area contributed by atoms with Crippen molar-refractivity contribution >= 4 is 30.0 Å². The number of rotatable bonds is 4. The third kappa shape index (κ3) is 4.03. The Kier molecular flexibility index (Phi) is 7.26. The summed E-state index contributed by atoms with van der Waals surface area (Å²) in [6, 6.07) is 1.37. The minimum Gasteiger partial charge on any atom is -0.464 e. The summed E-state index contributed by atoms with van der Waals surface area (Å²) in [5.41, 5.74) is 5.61. The minimum absolute atomic E-state index is 0. The molecule has 0 bridgehead atoms. The van der Waals surface area contributed by atoms with Gasteiger partial charge in [-0.25, -0.2) is 13.6 Å². The molecule has 0 saturated heterocycles. The number of aryl methyl sites for hydroxylation is 1. The Bertz CT molecular complexity index is 458. The van der Waals surface area contributed by atoms with Gasteiger partial charge in [0.2, 0.25) is 6.17 Å². The first-order valence-electron chi connectivity index (χ1n) is 5.40. The number of benzene rings is 1. The van der Waals surface area contributed by atoms with Crippen molar-refractivity contribution in [2.24, 2.45) is 5.73 Å². The van der Waals surface area contributed by atoms with Gasteiger partial charge in [0.1, 0.15) is 5.82 Å². The molecule has 0 heterocycles. The second-order valence-electron chi connectivity index (χ2n) is 3.77. The second-order valence-corrected chi connectivity index (χ2v) is 4.18. The number of carbonyl (C=O) groups excluding carboxylic acids is 1. The average Bonchev–Trinajstić information content (AvgIpc) is 2.33. The van der Waals surface area contributed by atoms with E-state index in [9.17, 15) is 13.6 Å². The van der Waals surface area contributed by atoms with E-state index < -0.39 is 24.0 Å². The number of ether oxygens (including phenoxy) is 1. The van der Waals surface area contributed by atoms with E-state index in [2.05, 4.69) is 4.74 Å². The lowest BCUT2D eigenvalue weighted by Gasteiger charge is -2.18. The highest BCUT2D eigenvalue weighted by atomic mass is 35.5. The Hall–Kier alpha value is -0.910. The molecule has 1 rings (SSSR count). The molecule has 19 heavy (non-hydrogen) atoms. The van der Waals surface area contributed by atoms with Crippen LogP contribution in [0.5, 0.6) is 0 Å². The summed E-state index contributed by atoms with van der Waals surface area (Å²) >= 11 is 5.78. The number of halogens is 4. The topological polar surface area (TPSA) is 52.3 Å². The van der Waals surface area contributed by atoms with Crippen molar-refractivity contribution < 1.29 is 18.3 Å². The third-order valence-corrected chi connectivity index (χ3v) is 2.81. The van der Waals surface area contributed by atoms with Gasteiger partial charge < -0.3 is 10.5 Å². The quantitative estimate of drug-likeness (QED) is 0.869. The first kappa shape index (κ1) is 18.1. The van der Waals surface area contributed by atoms with E-state index in [4.69, 9.17) is 17.3 Å². The van der Waals surface area contributed by atoms with Crippen LogP contribution in [0.3, 0.4) is 0 Å². The summed E-state index contributed by atoms with van der Waals surface area (Å²) < 4.78 is 32.1. The van der Waals surface area contributed by atoms with E-state index >= 15 is 0 Å². The molecular formula is C12H15Cl2F2NO2. The van der Waals surface area contributed by atoms with Crippen LogP contribution in [-0.4, -0.2) is 18.7 Å². The summed E-state index contributed by atoms with van der Waals surface area (Å²) in [5, 5.41) is -0.0162. The van der Waals surface area contributed by atoms with Gasteiger partial charge in [-0.05, 0) is 25.5 Å². The first-order valence-corrected chi connectivity index (χ1v) is 5.78. The number of nitrogens with two attached hydrogens (primary N) is 1. The number of esters is 1. The van der Waals surface area contributed by atoms with Crippen molar-refractivity contribution in [3.8, 4) is 0 Å². The van der Waals surface area contributed by atoms with Gasteiger partial charge >= 0.3 is 5.97 Å². The highest BCUT2D eigenvalue weighted by Gasteiger charge is 2.31. The maximum Gasteiger partial charge on any atom is 0.342 e. The van der Waals surface area contributed by atoms with Gasteiger partial charge in [0, 0.05) is 10.6 Å². The molecule has 0 aromatic heterocycles. The molecule has 108 valence electrons. The van der Waals surface area contributed by atoms with Crippen molar-refractivity contribution in [1.29, 1.82) is 0 Å². The van der Waals surface area contributed by atoms with Crippen LogP contribution in [0.25, 0.3) is 0 Å². The molecule has 2 atom stereocenters. The van der Waals surface area contributed by atoms with Crippen LogP contribution in [0.1, 0.15) is 24.1 Å². The van der Waals surface area contributed by atoms with Crippen LogP contribution in [0.4, 0.5) is 8.78 Å². The van der Waals surface area contributed by atoms with Crippen LogP contribution in [0.2, 0.25) is 5.02 Å². The Morgan fingerprint density at radius 2 is 2.11 bits per heavy atom. The van der Waals surface area contributed by atoms with Crippen molar-refractivity contribution in [1.82, 2.24) is 0 Å². The van der Waals surface area contributed by atoms with Gasteiger partial charge in [-0.15, -0.1) is 12.4 Å². The van der Waals surface area contributed by atoms with E-state index in [1.807, 2.05) is 0 Å². The zero-order chi connectivity index (χ0) is 13.9. The number of carbonyl (C=O) groups is 1. The molecule has 0 aliphatic carbocycles. The van der Waals surface area contributed by atoms with E-state index in [0.29, 0.717) is 0 Å². The summed E-state index contributed by atoms with van der Waals surface area (Å²) in [4.78, 5) is 11.2. The predicted octanol–water partition coefficient (Wildman–Crippen LogP) is 3.11. The lowest BCUT2D eigenvalue weighted by molar-refractivity contribution is -0.149. The van der Waals surface area contributed by atoms with E-state index in [1.54, 1.807) is 0 Å². The fourth-order valence-electron chi connectivity index (χ4n) is 1.50. The lowest BCUT2D eigenvalue weighted by Crippen LogP contribution is -2.32. The summed E-state index contributed by atoms with van der Waals surface area (Å²) in [6.07, 6.45) is -2.15. The number of hydrogen-bond acceptors (Lipinski definition) is 3.